The molecule has 0 aliphatic heterocycles. The van der Waals surface area contributed by atoms with Crippen molar-refractivity contribution in [1.82, 2.24) is 10.6 Å². The highest BCUT2D eigenvalue weighted by molar-refractivity contribution is 5.79. The van der Waals surface area contributed by atoms with Crippen molar-refractivity contribution >= 4 is 5.96 Å². The molecule has 4 heteroatoms. The van der Waals surface area contributed by atoms with Crippen molar-refractivity contribution < 1.29 is 4.74 Å². The van der Waals surface area contributed by atoms with Crippen LogP contribution in [0.15, 0.2) is 29.3 Å². The molecule has 0 radical (unpaired) electrons. The number of benzene rings is 1. The molecule has 1 aromatic carbocycles. The van der Waals surface area contributed by atoms with Crippen molar-refractivity contribution in [2.75, 3.05) is 26.3 Å². The normalized spacial score (nSPS) is 11.5. The molecule has 0 aromatic heterocycles. The standard InChI is InChI=1S/C17H29N3O/c1-4-18-17(19-11-6-7-12-21-5-2)20-14-16-10-8-9-15(3)13-16/h8-10,13H,4-7,11-12,14H2,1-3H3,(H2,18,19,20). The number of guanidine groups is 1. The van der Waals surface area contributed by atoms with Gasteiger partial charge in [0.05, 0.1) is 6.54 Å². The second kappa shape index (κ2) is 11.1. The molecule has 1 aromatic rings. The first-order valence-electron chi connectivity index (χ1n) is 7.91. The van der Waals surface area contributed by atoms with Crippen molar-refractivity contribution in [1.29, 1.82) is 0 Å². The Labute approximate surface area is 129 Å². The maximum absolute atomic E-state index is 5.33. The summed E-state index contributed by atoms with van der Waals surface area (Å²) in [4.78, 5) is 4.62. The summed E-state index contributed by atoms with van der Waals surface area (Å²) in [7, 11) is 0. The van der Waals surface area contributed by atoms with Crippen LogP contribution in [0.25, 0.3) is 0 Å². The van der Waals surface area contributed by atoms with Crippen molar-refractivity contribution in [2.24, 2.45) is 4.99 Å². The highest BCUT2D eigenvalue weighted by Gasteiger charge is 1.98. The first kappa shape index (κ1) is 17.5. The summed E-state index contributed by atoms with van der Waals surface area (Å²) in [5.41, 5.74) is 2.51. The molecule has 0 saturated carbocycles. The van der Waals surface area contributed by atoms with Crippen LogP contribution in [-0.2, 0) is 11.3 Å². The van der Waals surface area contributed by atoms with Gasteiger partial charge in [0.1, 0.15) is 0 Å². The minimum absolute atomic E-state index is 0.704. The lowest BCUT2D eigenvalue weighted by molar-refractivity contribution is 0.143. The van der Waals surface area contributed by atoms with Crippen LogP contribution in [0.2, 0.25) is 0 Å². The fourth-order valence-electron chi connectivity index (χ4n) is 2.00. The molecule has 0 aliphatic carbocycles. The summed E-state index contributed by atoms with van der Waals surface area (Å²) in [6.45, 7) is 10.4. The Morgan fingerprint density at radius 2 is 2.05 bits per heavy atom. The van der Waals surface area contributed by atoms with Crippen LogP contribution in [0.3, 0.4) is 0 Å². The highest BCUT2D eigenvalue weighted by atomic mass is 16.5. The third-order valence-corrected chi connectivity index (χ3v) is 3.06. The van der Waals surface area contributed by atoms with Gasteiger partial charge in [0.25, 0.3) is 0 Å². The Morgan fingerprint density at radius 3 is 2.76 bits per heavy atom. The minimum atomic E-state index is 0.704. The molecular formula is C17H29N3O. The van der Waals surface area contributed by atoms with Crippen molar-refractivity contribution in [3.8, 4) is 0 Å². The van der Waals surface area contributed by atoms with Crippen LogP contribution in [-0.4, -0.2) is 32.3 Å². The van der Waals surface area contributed by atoms with Crippen molar-refractivity contribution in [3.63, 3.8) is 0 Å². The molecule has 118 valence electrons. The van der Waals surface area contributed by atoms with Crippen LogP contribution in [0, 0.1) is 6.92 Å². The van der Waals surface area contributed by atoms with E-state index in [1.165, 1.54) is 11.1 Å². The van der Waals surface area contributed by atoms with E-state index >= 15 is 0 Å². The van der Waals surface area contributed by atoms with Crippen LogP contribution in [0.4, 0.5) is 0 Å². The SMILES string of the molecule is CCNC(=NCc1cccc(C)c1)NCCCCOCC. The molecule has 0 aliphatic rings. The van der Waals surface area contributed by atoms with Crippen LogP contribution in [0.1, 0.15) is 37.8 Å². The summed E-state index contributed by atoms with van der Waals surface area (Å²) < 4.78 is 5.33. The number of hydrogen-bond donors (Lipinski definition) is 2. The Kier molecular flexibility index (Phi) is 9.29. The van der Waals surface area contributed by atoms with E-state index in [2.05, 4.69) is 53.7 Å². The van der Waals surface area contributed by atoms with Gasteiger partial charge in [0, 0.05) is 26.3 Å². The van der Waals surface area contributed by atoms with Crippen LogP contribution >= 0.6 is 0 Å². The second-order valence-corrected chi connectivity index (χ2v) is 5.02. The van der Waals surface area contributed by atoms with Gasteiger partial charge in [-0.25, -0.2) is 4.99 Å². The zero-order valence-corrected chi connectivity index (χ0v) is 13.6. The molecule has 0 heterocycles. The van der Waals surface area contributed by atoms with Gasteiger partial charge in [-0.15, -0.1) is 0 Å². The molecule has 0 fully saturated rings. The first-order valence-corrected chi connectivity index (χ1v) is 7.91. The Balaban J connectivity index is 2.35. The molecule has 0 unspecified atom stereocenters. The van der Waals surface area contributed by atoms with Gasteiger partial charge in [0.2, 0.25) is 0 Å². The Bertz CT molecular complexity index is 418. The average molecular weight is 291 g/mol. The van der Waals surface area contributed by atoms with Gasteiger partial charge in [-0.1, -0.05) is 29.8 Å². The number of nitrogens with zero attached hydrogens (tertiary/aromatic N) is 1. The number of aryl methyl sites for hydroxylation is 1. The molecule has 1 rings (SSSR count). The molecule has 0 spiro atoms. The molecule has 0 atom stereocenters. The van der Waals surface area contributed by atoms with E-state index in [-0.39, 0.29) is 0 Å². The van der Waals surface area contributed by atoms with E-state index in [9.17, 15) is 0 Å². The van der Waals surface area contributed by atoms with E-state index in [1.54, 1.807) is 0 Å². The van der Waals surface area contributed by atoms with Gasteiger partial charge < -0.3 is 15.4 Å². The number of unbranched alkanes of at least 4 members (excludes halogenated alkanes) is 1. The highest BCUT2D eigenvalue weighted by Crippen LogP contribution is 2.04. The van der Waals surface area contributed by atoms with E-state index in [0.29, 0.717) is 6.54 Å². The third-order valence-electron chi connectivity index (χ3n) is 3.06. The Morgan fingerprint density at radius 1 is 1.19 bits per heavy atom. The maximum Gasteiger partial charge on any atom is 0.191 e. The third kappa shape index (κ3) is 8.35. The average Bonchev–Trinajstić information content (AvgIpc) is 2.48. The van der Waals surface area contributed by atoms with E-state index in [0.717, 1.165) is 45.1 Å². The lowest BCUT2D eigenvalue weighted by atomic mass is 10.1. The topological polar surface area (TPSA) is 45.7 Å². The summed E-state index contributed by atoms with van der Waals surface area (Å²) in [6.07, 6.45) is 2.17. The van der Waals surface area contributed by atoms with E-state index in [1.807, 2.05) is 6.92 Å². The predicted molar refractivity (Wildman–Crippen MR) is 89.7 cm³/mol. The maximum atomic E-state index is 5.33. The number of ether oxygens (including phenoxy) is 1. The van der Waals surface area contributed by atoms with Crippen LogP contribution < -0.4 is 10.6 Å². The summed E-state index contributed by atoms with van der Waals surface area (Å²) in [6, 6.07) is 8.47. The fourth-order valence-corrected chi connectivity index (χ4v) is 2.00. The summed E-state index contributed by atoms with van der Waals surface area (Å²) in [5, 5.41) is 6.64. The number of rotatable bonds is 9. The van der Waals surface area contributed by atoms with Crippen molar-refractivity contribution in [2.45, 2.75) is 40.2 Å². The molecule has 0 bridgehead atoms. The number of hydrogen-bond acceptors (Lipinski definition) is 2. The second-order valence-electron chi connectivity index (χ2n) is 5.02. The summed E-state index contributed by atoms with van der Waals surface area (Å²) in [5.74, 6) is 0.885. The zero-order valence-electron chi connectivity index (χ0n) is 13.6. The van der Waals surface area contributed by atoms with Gasteiger partial charge in [-0.2, -0.15) is 0 Å². The van der Waals surface area contributed by atoms with Crippen LogP contribution in [0.5, 0.6) is 0 Å². The molecule has 0 saturated heterocycles. The smallest absolute Gasteiger partial charge is 0.191 e. The minimum Gasteiger partial charge on any atom is -0.382 e. The fraction of sp³-hybridized carbons (Fsp3) is 0.588. The number of nitrogens with one attached hydrogen (secondary N) is 2. The van der Waals surface area contributed by atoms with E-state index < -0.39 is 0 Å². The molecule has 4 nitrogen and oxygen atoms in total. The monoisotopic (exact) mass is 291 g/mol. The van der Waals surface area contributed by atoms with E-state index in [4.69, 9.17) is 4.74 Å². The molecular weight excluding hydrogens is 262 g/mol. The lowest BCUT2D eigenvalue weighted by Gasteiger charge is -2.11. The molecule has 2 N–H and O–H groups in total. The zero-order chi connectivity index (χ0) is 15.3. The number of aliphatic imine (C=N–C) groups is 1. The molecule has 21 heavy (non-hydrogen) atoms. The lowest BCUT2D eigenvalue weighted by Crippen LogP contribution is -2.37. The van der Waals surface area contributed by atoms with Gasteiger partial charge in [-0.05, 0) is 39.2 Å². The van der Waals surface area contributed by atoms with Crippen molar-refractivity contribution in [3.05, 3.63) is 35.4 Å². The van der Waals surface area contributed by atoms with Gasteiger partial charge >= 0.3 is 0 Å². The van der Waals surface area contributed by atoms with Gasteiger partial charge in [-0.3, -0.25) is 0 Å². The Hall–Kier alpha value is -1.55. The first-order chi connectivity index (χ1) is 10.3. The largest absolute Gasteiger partial charge is 0.382 e. The van der Waals surface area contributed by atoms with Gasteiger partial charge in [0.15, 0.2) is 5.96 Å². The summed E-state index contributed by atoms with van der Waals surface area (Å²) >= 11 is 0. The predicted octanol–water partition coefficient (Wildman–Crippen LogP) is 2.87. The molecule has 0 amide bonds. The quantitative estimate of drug-likeness (QED) is 0.418.